The predicted molar refractivity (Wildman–Crippen MR) is 104 cm³/mol. The molecule has 0 atom stereocenters. The molecular weight excluding hydrogens is 361 g/mol. The normalized spacial score (nSPS) is 15.5. The second-order valence-corrected chi connectivity index (χ2v) is 8.08. The summed E-state index contributed by atoms with van der Waals surface area (Å²) in [5, 5.41) is 4.56. The predicted octanol–water partition coefficient (Wildman–Crippen LogP) is 2.92. The number of nitrogens with zero attached hydrogens (tertiary/aromatic N) is 3. The van der Waals surface area contributed by atoms with E-state index in [0.29, 0.717) is 25.9 Å². The molecule has 7 heteroatoms. The third-order valence-electron chi connectivity index (χ3n) is 4.94. The number of aromatic nitrogens is 2. The molecule has 0 radical (unpaired) electrons. The highest BCUT2D eigenvalue weighted by molar-refractivity contribution is 5.77. The van der Waals surface area contributed by atoms with E-state index in [1.165, 1.54) is 12.1 Å². The SMILES string of the molecule is CC(C)(C)c1ccc(=O)n(C2CCN(C(=O)COc3ccccc3F)CC2)n1. The number of amides is 1. The van der Waals surface area contributed by atoms with Gasteiger partial charge < -0.3 is 9.64 Å². The number of ether oxygens (including phenoxy) is 1. The lowest BCUT2D eigenvalue weighted by Gasteiger charge is -2.32. The average Bonchev–Trinajstić information content (AvgIpc) is 2.67. The lowest BCUT2D eigenvalue weighted by Crippen LogP contribution is -2.43. The molecule has 150 valence electrons. The number of para-hydroxylation sites is 1. The molecule has 1 fully saturated rings. The monoisotopic (exact) mass is 387 g/mol. The Hall–Kier alpha value is -2.70. The number of carbonyl (C=O) groups is 1. The molecule has 1 aliphatic rings. The van der Waals surface area contributed by atoms with Gasteiger partial charge in [-0.15, -0.1) is 0 Å². The van der Waals surface area contributed by atoms with Crippen LogP contribution in [0.15, 0.2) is 41.2 Å². The maximum Gasteiger partial charge on any atom is 0.267 e. The van der Waals surface area contributed by atoms with Crippen molar-refractivity contribution in [3.63, 3.8) is 0 Å². The summed E-state index contributed by atoms with van der Waals surface area (Å²) in [6, 6.07) is 9.32. The second-order valence-electron chi connectivity index (χ2n) is 8.08. The third kappa shape index (κ3) is 4.58. The first-order valence-electron chi connectivity index (χ1n) is 9.51. The summed E-state index contributed by atoms with van der Waals surface area (Å²) in [4.78, 5) is 26.3. The quantitative estimate of drug-likeness (QED) is 0.809. The fourth-order valence-electron chi connectivity index (χ4n) is 3.24. The number of hydrogen-bond acceptors (Lipinski definition) is 4. The first-order valence-corrected chi connectivity index (χ1v) is 9.51. The fourth-order valence-corrected chi connectivity index (χ4v) is 3.24. The van der Waals surface area contributed by atoms with Gasteiger partial charge in [0.05, 0.1) is 11.7 Å². The van der Waals surface area contributed by atoms with Crippen LogP contribution in [0.4, 0.5) is 4.39 Å². The molecule has 1 saturated heterocycles. The van der Waals surface area contributed by atoms with Crippen molar-refractivity contribution in [2.24, 2.45) is 0 Å². The van der Waals surface area contributed by atoms with Gasteiger partial charge in [-0.2, -0.15) is 5.10 Å². The Labute approximate surface area is 163 Å². The zero-order valence-corrected chi connectivity index (χ0v) is 16.5. The molecule has 6 nitrogen and oxygen atoms in total. The zero-order chi connectivity index (χ0) is 20.3. The summed E-state index contributed by atoms with van der Waals surface area (Å²) in [6.45, 7) is 6.99. The van der Waals surface area contributed by atoms with E-state index < -0.39 is 5.82 Å². The van der Waals surface area contributed by atoms with Gasteiger partial charge >= 0.3 is 0 Å². The second kappa shape index (κ2) is 8.12. The van der Waals surface area contributed by atoms with Gasteiger partial charge in [0.15, 0.2) is 18.2 Å². The van der Waals surface area contributed by atoms with Crippen molar-refractivity contribution in [2.45, 2.75) is 45.1 Å². The molecule has 3 rings (SSSR count). The van der Waals surface area contributed by atoms with Gasteiger partial charge in [0.25, 0.3) is 11.5 Å². The van der Waals surface area contributed by atoms with Crippen LogP contribution < -0.4 is 10.3 Å². The molecule has 2 heterocycles. The fraction of sp³-hybridized carbons (Fsp3) is 0.476. The van der Waals surface area contributed by atoms with E-state index >= 15 is 0 Å². The Morgan fingerprint density at radius 2 is 1.86 bits per heavy atom. The van der Waals surface area contributed by atoms with E-state index in [1.54, 1.807) is 33.8 Å². The largest absolute Gasteiger partial charge is 0.481 e. The van der Waals surface area contributed by atoms with Crippen LogP contribution in [0.5, 0.6) is 5.75 Å². The van der Waals surface area contributed by atoms with Crippen LogP contribution in [-0.4, -0.2) is 40.3 Å². The number of piperidine rings is 1. The Morgan fingerprint density at radius 1 is 1.18 bits per heavy atom. The van der Waals surface area contributed by atoms with Crippen molar-refractivity contribution in [3.8, 4) is 5.75 Å². The number of rotatable bonds is 4. The van der Waals surface area contributed by atoms with Crippen molar-refractivity contribution < 1.29 is 13.9 Å². The van der Waals surface area contributed by atoms with Gasteiger partial charge in [-0.1, -0.05) is 32.9 Å². The molecule has 1 aliphatic heterocycles. The maximum absolute atomic E-state index is 13.6. The summed E-state index contributed by atoms with van der Waals surface area (Å²) < 4.78 is 20.4. The molecule has 1 aromatic carbocycles. The number of halogens is 1. The molecule has 1 aromatic heterocycles. The summed E-state index contributed by atoms with van der Waals surface area (Å²) in [5.41, 5.74) is 0.598. The zero-order valence-electron chi connectivity index (χ0n) is 16.5. The smallest absolute Gasteiger partial charge is 0.267 e. The highest BCUT2D eigenvalue weighted by Crippen LogP contribution is 2.23. The van der Waals surface area contributed by atoms with Crippen molar-refractivity contribution >= 4 is 5.91 Å². The topological polar surface area (TPSA) is 64.4 Å². The molecule has 2 aromatic rings. The molecule has 0 bridgehead atoms. The van der Waals surface area contributed by atoms with Gasteiger partial charge in [-0.05, 0) is 31.0 Å². The van der Waals surface area contributed by atoms with E-state index in [0.717, 1.165) is 5.69 Å². The Morgan fingerprint density at radius 3 is 2.50 bits per heavy atom. The van der Waals surface area contributed by atoms with Crippen molar-refractivity contribution in [2.75, 3.05) is 19.7 Å². The number of hydrogen-bond donors (Lipinski definition) is 0. The van der Waals surface area contributed by atoms with Gasteiger partial charge in [-0.25, -0.2) is 9.07 Å². The van der Waals surface area contributed by atoms with Crippen LogP contribution in [-0.2, 0) is 10.2 Å². The number of benzene rings is 1. The van der Waals surface area contributed by atoms with Crippen LogP contribution in [0.1, 0.15) is 45.3 Å². The number of likely N-dealkylation sites (tertiary alicyclic amines) is 1. The first-order chi connectivity index (χ1) is 13.3. The Kier molecular flexibility index (Phi) is 5.82. The van der Waals surface area contributed by atoms with Crippen molar-refractivity contribution in [1.82, 2.24) is 14.7 Å². The molecule has 0 N–H and O–H groups in total. The van der Waals surface area contributed by atoms with Crippen LogP contribution in [0.3, 0.4) is 0 Å². The van der Waals surface area contributed by atoms with E-state index in [-0.39, 0.29) is 35.3 Å². The molecular formula is C21H26FN3O3. The summed E-state index contributed by atoms with van der Waals surface area (Å²) >= 11 is 0. The summed E-state index contributed by atoms with van der Waals surface area (Å²) in [7, 11) is 0. The van der Waals surface area contributed by atoms with Crippen molar-refractivity contribution in [3.05, 3.63) is 58.3 Å². The standard InChI is InChI=1S/C21H26FN3O3/c1-21(2,3)18-8-9-19(26)25(23-18)15-10-12-24(13-11-15)20(27)14-28-17-7-5-4-6-16(17)22/h4-9,15H,10-14H2,1-3H3. The summed E-state index contributed by atoms with van der Waals surface area (Å²) in [6.07, 6.45) is 1.29. The van der Waals surface area contributed by atoms with E-state index in [1.807, 2.05) is 0 Å². The van der Waals surface area contributed by atoms with Crippen molar-refractivity contribution in [1.29, 1.82) is 0 Å². The van der Waals surface area contributed by atoms with E-state index in [9.17, 15) is 14.0 Å². The average molecular weight is 387 g/mol. The van der Waals surface area contributed by atoms with Gasteiger partial charge in [-0.3, -0.25) is 9.59 Å². The Balaban J connectivity index is 1.59. The molecule has 0 saturated carbocycles. The van der Waals surface area contributed by atoms with Crippen LogP contribution in [0, 0.1) is 5.82 Å². The van der Waals surface area contributed by atoms with Crippen LogP contribution in [0.2, 0.25) is 0 Å². The van der Waals surface area contributed by atoms with Gasteiger partial charge in [0.2, 0.25) is 0 Å². The molecule has 28 heavy (non-hydrogen) atoms. The first kappa shape index (κ1) is 20.0. The minimum atomic E-state index is -0.488. The van der Waals surface area contributed by atoms with Gasteiger partial charge in [0.1, 0.15) is 0 Å². The summed E-state index contributed by atoms with van der Waals surface area (Å²) in [5.74, 6) is -0.607. The highest BCUT2D eigenvalue weighted by atomic mass is 19.1. The minimum absolute atomic E-state index is 0.0358. The van der Waals surface area contributed by atoms with E-state index in [4.69, 9.17) is 4.74 Å². The van der Waals surface area contributed by atoms with Crippen LogP contribution >= 0.6 is 0 Å². The molecule has 0 spiro atoms. The highest BCUT2D eigenvalue weighted by Gasteiger charge is 2.26. The van der Waals surface area contributed by atoms with E-state index in [2.05, 4.69) is 25.9 Å². The molecule has 1 amide bonds. The lowest BCUT2D eigenvalue weighted by atomic mass is 9.92. The molecule has 0 aliphatic carbocycles. The van der Waals surface area contributed by atoms with Gasteiger partial charge in [0, 0.05) is 24.6 Å². The third-order valence-corrected chi connectivity index (χ3v) is 4.94. The lowest BCUT2D eigenvalue weighted by molar-refractivity contribution is -0.134. The maximum atomic E-state index is 13.6. The number of carbonyl (C=O) groups excluding carboxylic acids is 1. The molecule has 0 unspecified atom stereocenters. The Bertz CT molecular complexity index is 896. The minimum Gasteiger partial charge on any atom is -0.481 e. The van der Waals surface area contributed by atoms with Crippen LogP contribution in [0.25, 0.3) is 0 Å².